The van der Waals surface area contributed by atoms with Gasteiger partial charge in [0.1, 0.15) is 12.4 Å². The molecule has 1 saturated carbocycles. The van der Waals surface area contributed by atoms with Gasteiger partial charge in [0.05, 0.1) is 0 Å². The van der Waals surface area contributed by atoms with Crippen LogP contribution in [0.3, 0.4) is 0 Å². The predicted octanol–water partition coefficient (Wildman–Crippen LogP) is 5.49. The van der Waals surface area contributed by atoms with E-state index in [1.165, 1.54) is 29.8 Å². The number of halogens is 1. The van der Waals surface area contributed by atoms with Crippen LogP contribution in [0.1, 0.15) is 39.9 Å². The molecule has 2 amide bonds. The first kappa shape index (κ1) is 23.8. The zero-order chi connectivity index (χ0) is 25.1. The molecule has 1 N–H and O–H groups in total. The minimum atomic E-state index is -0.387. The van der Waals surface area contributed by atoms with Crippen LogP contribution in [0.5, 0.6) is 0 Å². The van der Waals surface area contributed by atoms with Crippen LogP contribution in [-0.4, -0.2) is 45.7 Å². The number of benzene rings is 3. The topological polar surface area (TPSA) is 56.4 Å². The molecule has 0 unspecified atom stereocenters. The summed E-state index contributed by atoms with van der Waals surface area (Å²) in [6.07, 6.45) is 4.48. The van der Waals surface area contributed by atoms with Crippen molar-refractivity contribution in [1.29, 1.82) is 0 Å². The molecule has 6 heteroatoms. The molecule has 0 atom stereocenters. The van der Waals surface area contributed by atoms with Crippen molar-refractivity contribution in [2.24, 2.45) is 0 Å². The summed E-state index contributed by atoms with van der Waals surface area (Å²) in [4.78, 5) is 33.7. The van der Waals surface area contributed by atoms with E-state index in [1.54, 1.807) is 4.90 Å². The lowest BCUT2D eigenvalue weighted by Gasteiger charge is -2.28. The van der Waals surface area contributed by atoms with Gasteiger partial charge >= 0.3 is 0 Å². The number of para-hydroxylation sites is 1. The van der Waals surface area contributed by atoms with Crippen LogP contribution in [-0.2, 0) is 17.8 Å². The maximum atomic E-state index is 13.6. The van der Waals surface area contributed by atoms with Gasteiger partial charge in [0.25, 0.3) is 5.91 Å². The minimum Gasteiger partial charge on any atom is -0.361 e. The lowest BCUT2D eigenvalue weighted by atomic mass is 10.1. The normalized spacial score (nSPS) is 13.1. The molecule has 4 aromatic rings. The second kappa shape index (κ2) is 10.4. The fourth-order valence-corrected chi connectivity index (χ4v) is 4.56. The van der Waals surface area contributed by atoms with Crippen LogP contribution in [0.25, 0.3) is 10.9 Å². The molecular formula is C30H30FN3O2. The molecule has 3 aromatic carbocycles. The van der Waals surface area contributed by atoms with Crippen molar-refractivity contribution in [2.45, 2.75) is 38.8 Å². The van der Waals surface area contributed by atoms with Crippen molar-refractivity contribution in [1.82, 2.24) is 14.8 Å². The zero-order valence-electron chi connectivity index (χ0n) is 20.4. The highest BCUT2D eigenvalue weighted by atomic mass is 19.1. The second-order valence-electron chi connectivity index (χ2n) is 9.58. The highest BCUT2D eigenvalue weighted by Gasteiger charge is 2.35. The molecule has 5 rings (SSSR count). The number of hydrogen-bond acceptors (Lipinski definition) is 2. The van der Waals surface area contributed by atoms with Gasteiger partial charge < -0.3 is 14.8 Å². The predicted molar refractivity (Wildman–Crippen MR) is 139 cm³/mol. The summed E-state index contributed by atoms with van der Waals surface area (Å²) in [5.41, 5.74) is 4.86. The fraction of sp³-hybridized carbons (Fsp3) is 0.267. The number of H-pyrrole nitrogens is 1. The van der Waals surface area contributed by atoms with Gasteiger partial charge in [-0.05, 0) is 67.6 Å². The van der Waals surface area contributed by atoms with Gasteiger partial charge in [-0.3, -0.25) is 9.59 Å². The number of hydrogen-bond donors (Lipinski definition) is 1. The van der Waals surface area contributed by atoms with E-state index >= 15 is 0 Å². The van der Waals surface area contributed by atoms with E-state index in [0.717, 1.165) is 34.9 Å². The molecule has 184 valence electrons. The van der Waals surface area contributed by atoms with Gasteiger partial charge in [0, 0.05) is 41.8 Å². The highest BCUT2D eigenvalue weighted by molar-refractivity contribution is 5.97. The molecule has 0 saturated heterocycles. The SMILES string of the molecule is Cc1ccc(CN(CCc2c[nH]c3ccccc23)C(=O)CN(C(=O)c2ccc(F)cc2)C2CC2)cc1. The summed E-state index contributed by atoms with van der Waals surface area (Å²) < 4.78 is 13.4. The Labute approximate surface area is 210 Å². The van der Waals surface area contributed by atoms with Crippen LogP contribution >= 0.6 is 0 Å². The summed E-state index contributed by atoms with van der Waals surface area (Å²) in [6.45, 7) is 3.07. The highest BCUT2D eigenvalue weighted by Crippen LogP contribution is 2.28. The average Bonchev–Trinajstić information content (AvgIpc) is 3.65. The molecule has 0 bridgehead atoms. The molecule has 36 heavy (non-hydrogen) atoms. The third-order valence-electron chi connectivity index (χ3n) is 6.82. The Bertz CT molecular complexity index is 1360. The van der Waals surface area contributed by atoms with E-state index in [2.05, 4.69) is 11.1 Å². The zero-order valence-corrected chi connectivity index (χ0v) is 20.4. The van der Waals surface area contributed by atoms with E-state index in [1.807, 2.05) is 60.5 Å². The molecule has 0 radical (unpaired) electrons. The Hall–Kier alpha value is -3.93. The summed E-state index contributed by atoms with van der Waals surface area (Å²) >= 11 is 0. The largest absolute Gasteiger partial charge is 0.361 e. The first-order chi connectivity index (χ1) is 17.5. The number of carbonyl (C=O) groups excluding carboxylic acids is 2. The van der Waals surface area contributed by atoms with Crippen molar-refractivity contribution < 1.29 is 14.0 Å². The molecule has 1 heterocycles. The number of nitrogens with zero attached hydrogens (tertiary/aromatic N) is 2. The maximum Gasteiger partial charge on any atom is 0.254 e. The number of carbonyl (C=O) groups is 2. The van der Waals surface area contributed by atoms with Crippen molar-refractivity contribution in [3.8, 4) is 0 Å². The monoisotopic (exact) mass is 483 g/mol. The van der Waals surface area contributed by atoms with Gasteiger partial charge in [-0.25, -0.2) is 4.39 Å². The third kappa shape index (κ3) is 5.48. The number of aromatic nitrogens is 1. The summed E-state index contributed by atoms with van der Waals surface area (Å²) in [5.74, 6) is -0.697. The van der Waals surface area contributed by atoms with Crippen LogP contribution in [0.2, 0.25) is 0 Å². The van der Waals surface area contributed by atoms with Crippen LogP contribution in [0, 0.1) is 12.7 Å². The third-order valence-corrected chi connectivity index (χ3v) is 6.82. The van der Waals surface area contributed by atoms with Gasteiger partial charge in [-0.15, -0.1) is 0 Å². The number of aromatic amines is 1. The number of rotatable bonds is 9. The fourth-order valence-electron chi connectivity index (χ4n) is 4.56. The van der Waals surface area contributed by atoms with Gasteiger partial charge in [0.15, 0.2) is 0 Å². The minimum absolute atomic E-state index is 0.0145. The van der Waals surface area contributed by atoms with Gasteiger partial charge in [-0.2, -0.15) is 0 Å². The number of fused-ring (bicyclic) bond motifs is 1. The van der Waals surface area contributed by atoms with E-state index < -0.39 is 0 Å². The van der Waals surface area contributed by atoms with E-state index in [-0.39, 0.29) is 30.2 Å². The van der Waals surface area contributed by atoms with E-state index in [9.17, 15) is 14.0 Å². The molecule has 0 spiro atoms. The summed E-state index contributed by atoms with van der Waals surface area (Å²) in [6, 6.07) is 21.9. The summed E-state index contributed by atoms with van der Waals surface area (Å²) in [5, 5.41) is 1.16. The number of amides is 2. The van der Waals surface area contributed by atoms with Crippen LogP contribution in [0.4, 0.5) is 4.39 Å². The first-order valence-corrected chi connectivity index (χ1v) is 12.4. The Morgan fingerprint density at radius 3 is 2.42 bits per heavy atom. The van der Waals surface area contributed by atoms with Gasteiger partial charge in [0.2, 0.25) is 5.91 Å². The number of nitrogens with one attached hydrogen (secondary N) is 1. The Morgan fingerprint density at radius 2 is 1.69 bits per heavy atom. The smallest absolute Gasteiger partial charge is 0.254 e. The quantitative estimate of drug-likeness (QED) is 0.342. The average molecular weight is 484 g/mol. The van der Waals surface area contributed by atoms with Crippen molar-refractivity contribution in [3.63, 3.8) is 0 Å². The Kier molecular flexibility index (Phi) is 6.85. The standard InChI is InChI=1S/C30H30FN3O2/c1-21-6-8-22(9-7-21)19-33(17-16-24-18-32-28-5-3-2-4-27(24)28)29(35)20-34(26-14-15-26)30(36)23-10-12-25(31)13-11-23/h2-13,18,26,32H,14-17,19-20H2,1H3. The molecular weight excluding hydrogens is 453 g/mol. The van der Waals surface area contributed by atoms with E-state index in [0.29, 0.717) is 25.1 Å². The van der Waals surface area contributed by atoms with Crippen molar-refractivity contribution in [2.75, 3.05) is 13.1 Å². The van der Waals surface area contributed by atoms with Crippen LogP contribution < -0.4 is 0 Å². The van der Waals surface area contributed by atoms with Crippen molar-refractivity contribution in [3.05, 3.63) is 107 Å². The molecule has 1 aliphatic carbocycles. The Balaban J connectivity index is 1.35. The molecule has 5 nitrogen and oxygen atoms in total. The molecule has 1 aromatic heterocycles. The molecule has 1 fully saturated rings. The lowest BCUT2D eigenvalue weighted by molar-refractivity contribution is -0.132. The summed E-state index contributed by atoms with van der Waals surface area (Å²) in [7, 11) is 0. The maximum absolute atomic E-state index is 13.6. The first-order valence-electron chi connectivity index (χ1n) is 12.4. The molecule has 0 aliphatic heterocycles. The van der Waals surface area contributed by atoms with Gasteiger partial charge in [-0.1, -0.05) is 48.0 Å². The number of aryl methyl sites for hydroxylation is 1. The Morgan fingerprint density at radius 1 is 0.972 bits per heavy atom. The second-order valence-corrected chi connectivity index (χ2v) is 9.58. The van der Waals surface area contributed by atoms with Crippen molar-refractivity contribution >= 4 is 22.7 Å². The lowest BCUT2D eigenvalue weighted by Crippen LogP contribution is -2.44. The van der Waals surface area contributed by atoms with Crippen LogP contribution in [0.15, 0.2) is 79.0 Å². The van der Waals surface area contributed by atoms with E-state index in [4.69, 9.17) is 0 Å². The molecule has 1 aliphatic rings.